The molecule has 0 radical (unpaired) electrons. The van der Waals surface area contributed by atoms with E-state index in [1.807, 2.05) is 7.05 Å². The van der Waals surface area contributed by atoms with E-state index < -0.39 is 0 Å². The number of nitrogens with one attached hydrogen (secondary N) is 3. The Bertz CT molecular complexity index is 531. The minimum atomic E-state index is -0.159. The van der Waals surface area contributed by atoms with E-state index in [9.17, 15) is 4.79 Å². The second kappa shape index (κ2) is 6.96. The molecule has 2 aliphatic heterocycles. The van der Waals surface area contributed by atoms with Crippen molar-refractivity contribution in [3.05, 3.63) is 29.3 Å². The number of hydrogen-bond acceptors (Lipinski definition) is 4. The number of likely N-dealkylation sites (N-methyl/N-ethyl adjacent to an activating group) is 1. The van der Waals surface area contributed by atoms with Crippen LogP contribution in [0.15, 0.2) is 18.2 Å². The molecule has 0 saturated carbocycles. The van der Waals surface area contributed by atoms with E-state index in [0.29, 0.717) is 12.0 Å². The van der Waals surface area contributed by atoms with Crippen molar-refractivity contribution in [2.45, 2.75) is 32.4 Å². The SMILES string of the molecule is Cc1cc(C)cc(N(C)C(=O)C2NNC3CCNCC32)c1.Cl. The molecule has 0 spiro atoms. The molecule has 1 aromatic rings. The van der Waals surface area contributed by atoms with Gasteiger partial charge in [0.25, 0.3) is 0 Å². The van der Waals surface area contributed by atoms with Crippen LogP contribution in [-0.2, 0) is 4.79 Å². The van der Waals surface area contributed by atoms with Crippen LogP contribution in [0.2, 0.25) is 0 Å². The monoisotopic (exact) mass is 324 g/mol. The van der Waals surface area contributed by atoms with Crippen molar-refractivity contribution in [1.29, 1.82) is 0 Å². The van der Waals surface area contributed by atoms with Crippen LogP contribution >= 0.6 is 12.4 Å². The zero-order valence-corrected chi connectivity index (χ0v) is 14.2. The molecular formula is C16H25ClN4O. The Morgan fingerprint density at radius 1 is 1.18 bits per heavy atom. The van der Waals surface area contributed by atoms with Gasteiger partial charge in [0.15, 0.2) is 0 Å². The smallest absolute Gasteiger partial charge is 0.245 e. The maximum absolute atomic E-state index is 12.8. The molecule has 6 heteroatoms. The number of nitrogens with zero attached hydrogens (tertiary/aromatic N) is 1. The first-order valence-electron chi connectivity index (χ1n) is 7.64. The molecule has 2 saturated heterocycles. The summed E-state index contributed by atoms with van der Waals surface area (Å²) < 4.78 is 0. The van der Waals surface area contributed by atoms with E-state index in [1.54, 1.807) is 4.90 Å². The molecule has 3 atom stereocenters. The number of piperidine rings is 1. The van der Waals surface area contributed by atoms with Crippen molar-refractivity contribution in [1.82, 2.24) is 16.2 Å². The lowest BCUT2D eigenvalue weighted by Gasteiger charge is -2.29. The van der Waals surface area contributed by atoms with E-state index >= 15 is 0 Å². The molecule has 3 rings (SSSR count). The van der Waals surface area contributed by atoms with Crippen molar-refractivity contribution in [3.63, 3.8) is 0 Å². The predicted molar refractivity (Wildman–Crippen MR) is 91.4 cm³/mol. The van der Waals surface area contributed by atoms with Gasteiger partial charge in [-0.1, -0.05) is 6.07 Å². The third kappa shape index (κ3) is 3.27. The second-order valence-corrected chi connectivity index (χ2v) is 6.27. The number of benzene rings is 1. The summed E-state index contributed by atoms with van der Waals surface area (Å²) in [6.45, 7) is 6.03. The molecule has 1 amide bonds. The first kappa shape index (κ1) is 17.2. The fraction of sp³-hybridized carbons (Fsp3) is 0.562. The largest absolute Gasteiger partial charge is 0.316 e. The average Bonchev–Trinajstić information content (AvgIpc) is 2.88. The quantitative estimate of drug-likeness (QED) is 0.764. The second-order valence-electron chi connectivity index (χ2n) is 6.27. The van der Waals surface area contributed by atoms with Gasteiger partial charge in [0, 0.05) is 31.2 Å². The van der Waals surface area contributed by atoms with Gasteiger partial charge in [-0.25, -0.2) is 5.43 Å². The van der Waals surface area contributed by atoms with E-state index in [2.05, 4.69) is 48.2 Å². The fourth-order valence-corrected chi connectivity index (χ4v) is 3.44. The van der Waals surface area contributed by atoms with Crippen molar-refractivity contribution < 1.29 is 4.79 Å². The summed E-state index contributed by atoms with van der Waals surface area (Å²) in [5, 5.41) is 3.39. The first-order chi connectivity index (χ1) is 10.1. The van der Waals surface area contributed by atoms with Crippen molar-refractivity contribution in [3.8, 4) is 0 Å². The number of amides is 1. The normalized spacial score (nSPS) is 27.0. The lowest BCUT2D eigenvalue weighted by molar-refractivity contribution is -0.121. The molecule has 2 aliphatic rings. The van der Waals surface area contributed by atoms with Crippen LogP contribution in [-0.4, -0.2) is 38.1 Å². The number of anilines is 1. The van der Waals surface area contributed by atoms with E-state index in [1.165, 1.54) is 11.1 Å². The number of halogens is 1. The molecule has 2 fully saturated rings. The highest BCUT2D eigenvalue weighted by Gasteiger charge is 2.42. The fourth-order valence-electron chi connectivity index (χ4n) is 3.44. The molecule has 1 aromatic carbocycles. The van der Waals surface area contributed by atoms with Gasteiger partial charge in [-0.05, 0) is 50.1 Å². The molecule has 0 aliphatic carbocycles. The molecule has 5 nitrogen and oxygen atoms in total. The summed E-state index contributed by atoms with van der Waals surface area (Å²) in [5.41, 5.74) is 9.80. The highest BCUT2D eigenvalue weighted by Crippen LogP contribution is 2.24. The van der Waals surface area contributed by atoms with Gasteiger partial charge in [0.2, 0.25) is 5.91 Å². The van der Waals surface area contributed by atoms with Crippen LogP contribution in [0.4, 0.5) is 5.69 Å². The predicted octanol–water partition coefficient (Wildman–Crippen LogP) is 1.14. The van der Waals surface area contributed by atoms with Crippen LogP contribution < -0.4 is 21.1 Å². The zero-order valence-electron chi connectivity index (χ0n) is 13.3. The zero-order chi connectivity index (χ0) is 15.0. The average molecular weight is 325 g/mol. The van der Waals surface area contributed by atoms with Gasteiger partial charge in [-0.3, -0.25) is 10.2 Å². The van der Waals surface area contributed by atoms with Crippen LogP contribution in [0.3, 0.4) is 0 Å². The maximum atomic E-state index is 12.8. The number of carbonyl (C=O) groups excluding carboxylic acids is 1. The van der Waals surface area contributed by atoms with Gasteiger partial charge >= 0.3 is 0 Å². The minimum absolute atomic E-state index is 0. The Morgan fingerprint density at radius 3 is 2.55 bits per heavy atom. The molecule has 0 bridgehead atoms. The number of hydrazine groups is 1. The van der Waals surface area contributed by atoms with Crippen LogP contribution in [0, 0.1) is 19.8 Å². The molecule has 0 aromatic heterocycles. The van der Waals surface area contributed by atoms with E-state index in [-0.39, 0.29) is 24.4 Å². The lowest BCUT2D eigenvalue weighted by atomic mass is 9.89. The number of aryl methyl sites for hydroxylation is 2. The standard InChI is InChI=1S/C16H24N4O.ClH/c1-10-6-11(2)8-12(7-10)20(3)16(21)15-13-9-17-5-4-14(13)18-19-15;/h6-8,13-15,17-19H,4-5,9H2,1-3H3;1H. The molecule has 2 heterocycles. The van der Waals surface area contributed by atoms with E-state index in [0.717, 1.165) is 25.2 Å². The Balaban J connectivity index is 0.00000176. The Kier molecular flexibility index (Phi) is 5.45. The lowest BCUT2D eigenvalue weighted by Crippen LogP contribution is -2.49. The molecular weight excluding hydrogens is 300 g/mol. The maximum Gasteiger partial charge on any atom is 0.245 e. The summed E-state index contributed by atoms with van der Waals surface area (Å²) >= 11 is 0. The molecule has 122 valence electrons. The van der Waals surface area contributed by atoms with Gasteiger partial charge in [-0.15, -0.1) is 12.4 Å². The van der Waals surface area contributed by atoms with Crippen LogP contribution in [0.5, 0.6) is 0 Å². The third-order valence-corrected chi connectivity index (χ3v) is 4.57. The summed E-state index contributed by atoms with van der Waals surface area (Å²) in [6.07, 6.45) is 1.06. The summed E-state index contributed by atoms with van der Waals surface area (Å²) in [5.74, 6) is 0.448. The topological polar surface area (TPSA) is 56.4 Å². The van der Waals surface area contributed by atoms with Gasteiger partial charge in [0.05, 0.1) is 0 Å². The van der Waals surface area contributed by atoms with Crippen LogP contribution in [0.25, 0.3) is 0 Å². The summed E-state index contributed by atoms with van der Waals surface area (Å²) in [4.78, 5) is 14.6. The Morgan fingerprint density at radius 2 is 1.86 bits per heavy atom. The highest BCUT2D eigenvalue weighted by molar-refractivity contribution is 5.97. The highest BCUT2D eigenvalue weighted by atomic mass is 35.5. The van der Waals surface area contributed by atoms with Gasteiger partial charge < -0.3 is 10.2 Å². The summed E-state index contributed by atoms with van der Waals surface area (Å²) in [6, 6.07) is 6.48. The molecule has 22 heavy (non-hydrogen) atoms. The Labute approximate surface area is 138 Å². The number of fused-ring (bicyclic) bond motifs is 1. The number of carbonyl (C=O) groups is 1. The van der Waals surface area contributed by atoms with Crippen molar-refractivity contribution in [2.24, 2.45) is 5.92 Å². The molecule has 3 unspecified atom stereocenters. The van der Waals surface area contributed by atoms with Crippen LogP contribution in [0.1, 0.15) is 17.5 Å². The third-order valence-electron chi connectivity index (χ3n) is 4.57. The van der Waals surface area contributed by atoms with E-state index in [4.69, 9.17) is 0 Å². The van der Waals surface area contributed by atoms with Crippen molar-refractivity contribution >= 4 is 24.0 Å². The first-order valence-corrected chi connectivity index (χ1v) is 7.64. The van der Waals surface area contributed by atoms with Gasteiger partial charge in [-0.2, -0.15) is 0 Å². The summed E-state index contributed by atoms with van der Waals surface area (Å²) in [7, 11) is 1.86. The van der Waals surface area contributed by atoms with Crippen molar-refractivity contribution in [2.75, 3.05) is 25.0 Å². The Hall–Kier alpha value is -1.14. The van der Waals surface area contributed by atoms with Gasteiger partial charge in [0.1, 0.15) is 6.04 Å². The number of hydrogen-bond donors (Lipinski definition) is 3. The molecule has 3 N–H and O–H groups in total. The minimum Gasteiger partial charge on any atom is -0.316 e. The number of rotatable bonds is 2.